The summed E-state index contributed by atoms with van der Waals surface area (Å²) in [6.45, 7) is 3.20. The summed E-state index contributed by atoms with van der Waals surface area (Å²) in [5.74, 6) is -0.210. The van der Waals surface area contributed by atoms with Crippen LogP contribution in [-0.2, 0) is 17.9 Å². The summed E-state index contributed by atoms with van der Waals surface area (Å²) in [4.78, 5) is 30.1. The van der Waals surface area contributed by atoms with E-state index in [1.165, 1.54) is 36.4 Å². The van der Waals surface area contributed by atoms with Crippen LogP contribution < -0.4 is 10.9 Å². The highest BCUT2D eigenvalue weighted by Gasteiger charge is 2.11. The average molecular weight is 452 g/mol. The molecule has 0 atom stereocenters. The van der Waals surface area contributed by atoms with E-state index in [0.29, 0.717) is 30.7 Å². The van der Waals surface area contributed by atoms with Crippen LogP contribution in [0.4, 0.5) is 4.39 Å². The van der Waals surface area contributed by atoms with E-state index in [9.17, 15) is 14.0 Å². The normalized spacial score (nSPS) is 11.1. The van der Waals surface area contributed by atoms with Gasteiger partial charge in [-0.3, -0.25) is 14.2 Å². The van der Waals surface area contributed by atoms with Crippen LogP contribution in [0.3, 0.4) is 0 Å². The monoisotopic (exact) mass is 451 g/mol. The number of halogens is 1. The van der Waals surface area contributed by atoms with Gasteiger partial charge in [0.05, 0.1) is 25.0 Å². The second-order valence-electron chi connectivity index (χ2n) is 7.36. The summed E-state index contributed by atoms with van der Waals surface area (Å²) in [5.41, 5.74) is 2.50. The topological polar surface area (TPSA) is 81.8 Å². The number of carbonyl (C=O) groups is 1. The van der Waals surface area contributed by atoms with Crippen molar-refractivity contribution in [3.63, 3.8) is 0 Å². The van der Waals surface area contributed by atoms with E-state index in [4.69, 9.17) is 0 Å². The Balaban J connectivity index is 1.34. The highest BCUT2D eigenvalue weighted by atomic mass is 32.2. The van der Waals surface area contributed by atoms with Gasteiger partial charge < -0.3 is 5.32 Å². The van der Waals surface area contributed by atoms with Gasteiger partial charge in [-0.1, -0.05) is 29.8 Å². The molecule has 4 rings (SSSR count). The van der Waals surface area contributed by atoms with Crippen molar-refractivity contribution < 1.29 is 9.18 Å². The molecule has 9 heteroatoms. The first-order chi connectivity index (χ1) is 15.5. The first-order valence-corrected chi connectivity index (χ1v) is 11.1. The number of rotatable bonds is 8. The van der Waals surface area contributed by atoms with Crippen LogP contribution in [0.15, 0.2) is 70.7 Å². The maximum atomic E-state index is 12.9. The minimum atomic E-state index is -0.305. The Labute approximate surface area is 188 Å². The Hall–Kier alpha value is -3.46. The van der Waals surface area contributed by atoms with Gasteiger partial charge in [0.2, 0.25) is 5.91 Å². The summed E-state index contributed by atoms with van der Waals surface area (Å²) in [7, 11) is 0. The van der Waals surface area contributed by atoms with Crippen LogP contribution in [0.25, 0.3) is 11.0 Å². The number of benzene rings is 2. The molecule has 0 aliphatic heterocycles. The van der Waals surface area contributed by atoms with Crippen molar-refractivity contribution in [3.05, 3.63) is 88.4 Å². The van der Waals surface area contributed by atoms with Crippen molar-refractivity contribution in [2.24, 2.45) is 0 Å². The second kappa shape index (κ2) is 9.78. The molecule has 2 aromatic carbocycles. The number of hydrogen-bond acceptors (Lipinski definition) is 5. The van der Waals surface area contributed by atoms with Crippen molar-refractivity contribution in [3.8, 4) is 0 Å². The Morgan fingerprint density at radius 1 is 1.19 bits per heavy atom. The van der Waals surface area contributed by atoms with Gasteiger partial charge in [0.1, 0.15) is 17.5 Å². The van der Waals surface area contributed by atoms with Gasteiger partial charge >= 0.3 is 0 Å². The van der Waals surface area contributed by atoms with E-state index in [-0.39, 0.29) is 23.0 Å². The van der Waals surface area contributed by atoms with Gasteiger partial charge in [-0.05, 0) is 36.8 Å². The molecule has 0 spiro atoms. The maximum absolute atomic E-state index is 12.9. The van der Waals surface area contributed by atoms with Crippen LogP contribution in [0.2, 0.25) is 0 Å². The quantitative estimate of drug-likeness (QED) is 0.417. The fraction of sp³-hybridized carbons (Fsp3) is 0.217. The summed E-state index contributed by atoms with van der Waals surface area (Å²) >= 11 is 1.34. The Morgan fingerprint density at radius 3 is 2.78 bits per heavy atom. The minimum absolute atomic E-state index is 0.135. The highest BCUT2D eigenvalue weighted by molar-refractivity contribution is 8.00. The molecule has 4 aromatic rings. The number of carbonyl (C=O) groups excluding carboxylic acids is 1. The number of amides is 1. The fourth-order valence-corrected chi connectivity index (χ4v) is 4.04. The molecule has 2 heterocycles. The standard InChI is InChI=1S/C23H22FN5O2S/c1-16-3-2-4-17(11-16)13-28-15-26-22-20(23(28)31)12-27-29(22)10-9-25-21(30)14-32-19-7-5-18(24)6-8-19/h2-8,11-12,15H,9-10,13-14H2,1H3,(H,25,30). The molecule has 0 bridgehead atoms. The number of aromatic nitrogens is 4. The van der Waals surface area contributed by atoms with E-state index in [1.807, 2.05) is 31.2 Å². The van der Waals surface area contributed by atoms with Gasteiger partial charge in [-0.2, -0.15) is 5.10 Å². The number of fused-ring (bicyclic) bond motifs is 1. The van der Waals surface area contributed by atoms with E-state index in [1.54, 1.807) is 21.4 Å². The molecule has 0 aliphatic carbocycles. The van der Waals surface area contributed by atoms with Gasteiger partial charge in [-0.15, -0.1) is 11.8 Å². The summed E-state index contributed by atoms with van der Waals surface area (Å²) in [5, 5.41) is 7.53. The van der Waals surface area contributed by atoms with Crippen molar-refractivity contribution in [1.82, 2.24) is 24.6 Å². The van der Waals surface area contributed by atoms with Gasteiger partial charge in [0, 0.05) is 11.4 Å². The molecule has 7 nitrogen and oxygen atoms in total. The molecule has 1 N–H and O–H groups in total. The third-order valence-corrected chi connectivity index (χ3v) is 5.90. The number of thioether (sulfide) groups is 1. The molecular weight excluding hydrogens is 429 g/mol. The highest BCUT2D eigenvalue weighted by Crippen LogP contribution is 2.17. The lowest BCUT2D eigenvalue weighted by atomic mass is 10.1. The summed E-state index contributed by atoms with van der Waals surface area (Å²) in [6, 6.07) is 14.0. The molecule has 1 amide bonds. The van der Waals surface area contributed by atoms with E-state index >= 15 is 0 Å². The fourth-order valence-electron chi connectivity index (χ4n) is 3.31. The largest absolute Gasteiger partial charge is 0.354 e. The third-order valence-electron chi connectivity index (χ3n) is 4.89. The molecule has 0 saturated heterocycles. The zero-order valence-corrected chi connectivity index (χ0v) is 18.3. The molecule has 2 aromatic heterocycles. The maximum Gasteiger partial charge on any atom is 0.264 e. The van der Waals surface area contributed by atoms with Crippen molar-refractivity contribution in [1.29, 1.82) is 0 Å². The van der Waals surface area contributed by atoms with E-state index in [2.05, 4.69) is 15.4 Å². The number of nitrogens with one attached hydrogen (secondary N) is 1. The molecule has 0 fully saturated rings. The van der Waals surface area contributed by atoms with E-state index < -0.39 is 0 Å². The number of hydrogen-bond donors (Lipinski definition) is 1. The lowest BCUT2D eigenvalue weighted by Crippen LogP contribution is -2.29. The van der Waals surface area contributed by atoms with Gasteiger partial charge in [0.15, 0.2) is 5.65 Å². The summed E-state index contributed by atoms with van der Waals surface area (Å²) < 4.78 is 16.1. The predicted molar refractivity (Wildman–Crippen MR) is 122 cm³/mol. The van der Waals surface area contributed by atoms with Crippen molar-refractivity contribution >= 4 is 28.7 Å². The zero-order valence-electron chi connectivity index (χ0n) is 17.5. The lowest BCUT2D eigenvalue weighted by Gasteiger charge is -2.08. The second-order valence-corrected chi connectivity index (χ2v) is 8.41. The average Bonchev–Trinajstić information content (AvgIpc) is 3.19. The Bertz CT molecular complexity index is 1300. The molecule has 0 unspecified atom stereocenters. The van der Waals surface area contributed by atoms with Crippen molar-refractivity contribution in [2.45, 2.75) is 24.9 Å². The van der Waals surface area contributed by atoms with Crippen molar-refractivity contribution in [2.75, 3.05) is 12.3 Å². The smallest absolute Gasteiger partial charge is 0.264 e. The first-order valence-electron chi connectivity index (χ1n) is 10.1. The lowest BCUT2D eigenvalue weighted by molar-refractivity contribution is -0.118. The molecular formula is C23H22FN5O2S. The van der Waals surface area contributed by atoms with Gasteiger partial charge in [-0.25, -0.2) is 14.1 Å². The Kier molecular flexibility index (Phi) is 6.65. The van der Waals surface area contributed by atoms with Gasteiger partial charge in [0.25, 0.3) is 5.56 Å². The first kappa shape index (κ1) is 21.8. The zero-order chi connectivity index (χ0) is 22.5. The van der Waals surface area contributed by atoms with Crippen LogP contribution in [0.1, 0.15) is 11.1 Å². The minimum Gasteiger partial charge on any atom is -0.354 e. The molecule has 0 aliphatic rings. The molecule has 164 valence electrons. The molecule has 0 saturated carbocycles. The predicted octanol–water partition coefficient (Wildman–Crippen LogP) is 3.00. The Morgan fingerprint density at radius 2 is 2.00 bits per heavy atom. The third kappa shape index (κ3) is 5.23. The summed E-state index contributed by atoms with van der Waals surface area (Å²) in [6.07, 6.45) is 3.05. The number of nitrogens with zero attached hydrogens (tertiary/aromatic N) is 4. The molecule has 32 heavy (non-hydrogen) atoms. The van der Waals surface area contributed by atoms with Crippen LogP contribution in [0, 0.1) is 12.7 Å². The van der Waals surface area contributed by atoms with Crippen LogP contribution in [-0.4, -0.2) is 37.5 Å². The SMILES string of the molecule is Cc1cccc(Cn2cnc3c(cnn3CCNC(=O)CSc3ccc(F)cc3)c2=O)c1. The number of aryl methyl sites for hydroxylation is 1. The van der Waals surface area contributed by atoms with E-state index in [0.717, 1.165) is 16.0 Å². The molecule has 0 radical (unpaired) electrons. The van der Waals surface area contributed by atoms with Crippen LogP contribution in [0.5, 0.6) is 0 Å². The van der Waals surface area contributed by atoms with Crippen LogP contribution >= 0.6 is 11.8 Å².